The zero-order valence-electron chi connectivity index (χ0n) is 15.4. The lowest BCUT2D eigenvalue weighted by Crippen LogP contribution is -2.43. The van der Waals surface area contributed by atoms with Crippen molar-refractivity contribution in [2.45, 2.75) is 25.2 Å². The maximum Gasteiger partial charge on any atom is 0.307 e. The Bertz CT molecular complexity index is 719. The van der Waals surface area contributed by atoms with Gasteiger partial charge in [0.15, 0.2) is 0 Å². The Labute approximate surface area is 159 Å². The highest BCUT2D eigenvalue weighted by Crippen LogP contribution is 2.17. The van der Waals surface area contributed by atoms with E-state index in [-0.39, 0.29) is 36.2 Å². The highest BCUT2D eigenvalue weighted by Gasteiger charge is 2.25. The molecule has 7 nitrogen and oxygen atoms in total. The van der Waals surface area contributed by atoms with Crippen LogP contribution in [0.4, 0.5) is 0 Å². The molecule has 9 heteroatoms. The molecule has 1 aromatic rings. The van der Waals surface area contributed by atoms with Gasteiger partial charge in [0.2, 0.25) is 15.9 Å². The quantitative estimate of drug-likeness (QED) is 0.588. The van der Waals surface area contributed by atoms with E-state index in [1.807, 2.05) is 13.8 Å². The van der Waals surface area contributed by atoms with Crippen molar-refractivity contribution in [2.75, 3.05) is 33.8 Å². The van der Waals surface area contributed by atoms with Crippen LogP contribution in [-0.4, -0.2) is 63.3 Å². The number of hydrogen-bond acceptors (Lipinski definition) is 5. The first kappa shape index (κ1) is 22.4. The molecule has 0 aromatic heterocycles. The van der Waals surface area contributed by atoms with E-state index < -0.39 is 16.0 Å². The van der Waals surface area contributed by atoms with Gasteiger partial charge < -0.3 is 9.64 Å². The summed E-state index contributed by atoms with van der Waals surface area (Å²) in [6.07, 6.45) is 0.0581. The molecule has 0 saturated carbocycles. The second-order valence-corrected chi connectivity index (χ2v) is 8.76. The Morgan fingerprint density at radius 1 is 1.19 bits per heavy atom. The largest absolute Gasteiger partial charge is 0.469 e. The SMILES string of the molecule is COC(=O)CCN(CC(C)C)C(=O)CN(C)S(=O)(=O)c1ccc(Cl)cc1. The molecule has 0 heterocycles. The third-order valence-electron chi connectivity index (χ3n) is 3.63. The van der Waals surface area contributed by atoms with Crippen molar-refractivity contribution < 1.29 is 22.7 Å². The number of likely N-dealkylation sites (N-methyl/N-ethyl adjacent to an activating group) is 1. The average molecular weight is 405 g/mol. The summed E-state index contributed by atoms with van der Waals surface area (Å²) < 4.78 is 30.7. The van der Waals surface area contributed by atoms with E-state index in [1.165, 1.54) is 43.3 Å². The number of amides is 1. The number of carbonyl (C=O) groups excluding carboxylic acids is 2. The molecule has 0 N–H and O–H groups in total. The van der Waals surface area contributed by atoms with Crippen LogP contribution in [0.3, 0.4) is 0 Å². The molecule has 0 bridgehead atoms. The molecule has 0 fully saturated rings. The molecule has 0 spiro atoms. The third-order valence-corrected chi connectivity index (χ3v) is 5.70. The Morgan fingerprint density at radius 3 is 2.27 bits per heavy atom. The average Bonchev–Trinajstić information content (AvgIpc) is 2.58. The minimum absolute atomic E-state index is 0.0576. The fourth-order valence-electron chi connectivity index (χ4n) is 2.25. The van der Waals surface area contributed by atoms with E-state index in [0.717, 1.165) is 4.31 Å². The molecule has 0 aliphatic rings. The molecule has 1 rings (SSSR count). The maximum atomic E-state index is 12.6. The molecule has 0 saturated heterocycles. The lowest BCUT2D eigenvalue weighted by molar-refractivity contribution is -0.141. The molecule has 0 unspecified atom stereocenters. The zero-order chi connectivity index (χ0) is 19.9. The van der Waals surface area contributed by atoms with E-state index in [2.05, 4.69) is 4.74 Å². The van der Waals surface area contributed by atoms with Crippen LogP contribution in [-0.2, 0) is 24.3 Å². The van der Waals surface area contributed by atoms with Gasteiger partial charge in [-0.3, -0.25) is 9.59 Å². The standard InChI is InChI=1S/C17H25ClN2O5S/c1-13(2)11-20(10-9-17(22)25-4)16(21)12-19(3)26(23,24)15-7-5-14(18)6-8-15/h5-8,13H,9-12H2,1-4H3. The minimum Gasteiger partial charge on any atom is -0.469 e. The van der Waals surface area contributed by atoms with Gasteiger partial charge in [0.25, 0.3) is 0 Å². The molecule has 0 aliphatic heterocycles. The van der Waals surface area contributed by atoms with Crippen LogP contribution in [0.25, 0.3) is 0 Å². The highest BCUT2D eigenvalue weighted by atomic mass is 35.5. The van der Waals surface area contributed by atoms with Crippen LogP contribution >= 0.6 is 11.6 Å². The Kier molecular flexibility index (Phi) is 8.52. The summed E-state index contributed by atoms with van der Waals surface area (Å²) >= 11 is 5.78. The molecule has 1 aromatic carbocycles. The van der Waals surface area contributed by atoms with Crippen molar-refractivity contribution in [2.24, 2.45) is 5.92 Å². The van der Waals surface area contributed by atoms with Gasteiger partial charge in [0, 0.05) is 25.2 Å². The number of methoxy groups -OCH3 is 1. The van der Waals surface area contributed by atoms with Crippen LogP contribution in [0, 0.1) is 5.92 Å². The molecule has 1 amide bonds. The summed E-state index contributed by atoms with van der Waals surface area (Å²) in [7, 11) is -1.19. The van der Waals surface area contributed by atoms with Crippen LogP contribution in [0.1, 0.15) is 20.3 Å². The zero-order valence-corrected chi connectivity index (χ0v) is 17.0. The van der Waals surface area contributed by atoms with Gasteiger partial charge in [-0.2, -0.15) is 4.31 Å². The molecule has 146 valence electrons. The first-order chi connectivity index (χ1) is 12.1. The van der Waals surface area contributed by atoms with E-state index in [1.54, 1.807) is 0 Å². The molecular formula is C17H25ClN2O5S. The summed E-state index contributed by atoms with van der Waals surface area (Å²) in [4.78, 5) is 25.4. The lowest BCUT2D eigenvalue weighted by Gasteiger charge is -2.26. The summed E-state index contributed by atoms with van der Waals surface area (Å²) in [5.74, 6) is -0.619. The van der Waals surface area contributed by atoms with Gasteiger partial charge in [-0.15, -0.1) is 0 Å². The smallest absolute Gasteiger partial charge is 0.307 e. The number of esters is 1. The van der Waals surface area contributed by atoms with E-state index >= 15 is 0 Å². The van der Waals surface area contributed by atoms with Crippen LogP contribution < -0.4 is 0 Å². The van der Waals surface area contributed by atoms with Gasteiger partial charge in [-0.25, -0.2) is 8.42 Å². The Hall–Kier alpha value is -1.64. The number of ether oxygens (including phenoxy) is 1. The van der Waals surface area contributed by atoms with Gasteiger partial charge in [0.05, 0.1) is 25.0 Å². The monoisotopic (exact) mass is 404 g/mol. The minimum atomic E-state index is -3.81. The Balaban J connectivity index is 2.85. The fourth-order valence-corrected chi connectivity index (χ4v) is 3.50. The number of carbonyl (C=O) groups is 2. The molecule has 0 atom stereocenters. The molecule has 26 heavy (non-hydrogen) atoms. The van der Waals surface area contributed by atoms with Gasteiger partial charge >= 0.3 is 5.97 Å². The highest BCUT2D eigenvalue weighted by molar-refractivity contribution is 7.89. The maximum absolute atomic E-state index is 12.6. The second kappa shape index (κ2) is 9.89. The first-order valence-electron chi connectivity index (χ1n) is 8.14. The van der Waals surface area contributed by atoms with Crippen molar-refractivity contribution in [1.29, 1.82) is 0 Å². The van der Waals surface area contributed by atoms with Gasteiger partial charge in [-0.05, 0) is 30.2 Å². The number of hydrogen-bond donors (Lipinski definition) is 0. The number of rotatable bonds is 9. The van der Waals surface area contributed by atoms with Crippen molar-refractivity contribution in [3.8, 4) is 0 Å². The Morgan fingerprint density at radius 2 is 1.77 bits per heavy atom. The summed E-state index contributed by atoms with van der Waals surface area (Å²) in [5, 5.41) is 0.425. The lowest BCUT2D eigenvalue weighted by atomic mass is 10.2. The van der Waals surface area contributed by atoms with Gasteiger partial charge in [-0.1, -0.05) is 25.4 Å². The van der Waals surface area contributed by atoms with Gasteiger partial charge in [0.1, 0.15) is 0 Å². The van der Waals surface area contributed by atoms with E-state index in [9.17, 15) is 18.0 Å². The van der Waals surface area contributed by atoms with E-state index in [0.29, 0.717) is 11.6 Å². The number of halogens is 1. The van der Waals surface area contributed by atoms with Crippen LogP contribution in [0.5, 0.6) is 0 Å². The van der Waals surface area contributed by atoms with Crippen molar-refractivity contribution >= 4 is 33.5 Å². The van der Waals surface area contributed by atoms with E-state index in [4.69, 9.17) is 11.6 Å². The predicted molar refractivity (Wildman–Crippen MR) is 99.3 cm³/mol. The molecule has 0 aliphatic carbocycles. The summed E-state index contributed by atoms with van der Waals surface area (Å²) in [5.41, 5.74) is 0. The summed E-state index contributed by atoms with van der Waals surface area (Å²) in [6.45, 7) is 4.15. The van der Waals surface area contributed by atoms with Crippen molar-refractivity contribution in [1.82, 2.24) is 9.21 Å². The van der Waals surface area contributed by atoms with Crippen molar-refractivity contribution in [3.63, 3.8) is 0 Å². The predicted octanol–water partition coefficient (Wildman–Crippen LogP) is 2.01. The topological polar surface area (TPSA) is 84.0 Å². The van der Waals surface area contributed by atoms with Crippen molar-refractivity contribution in [3.05, 3.63) is 29.3 Å². The number of benzene rings is 1. The van der Waals surface area contributed by atoms with Crippen LogP contribution in [0.15, 0.2) is 29.2 Å². The fraction of sp³-hybridized carbons (Fsp3) is 0.529. The molecule has 0 radical (unpaired) electrons. The number of sulfonamides is 1. The van der Waals surface area contributed by atoms with Crippen LogP contribution in [0.2, 0.25) is 5.02 Å². The summed E-state index contributed by atoms with van der Waals surface area (Å²) in [6, 6.07) is 5.74. The molecular weight excluding hydrogens is 380 g/mol. The first-order valence-corrected chi connectivity index (χ1v) is 9.96. The normalized spacial score (nSPS) is 11.7. The number of nitrogens with zero attached hydrogens (tertiary/aromatic N) is 2. The second-order valence-electron chi connectivity index (χ2n) is 6.27. The third kappa shape index (κ3) is 6.59.